The maximum absolute atomic E-state index is 12.5. The van der Waals surface area contributed by atoms with Crippen LogP contribution < -0.4 is 15.6 Å². The van der Waals surface area contributed by atoms with Crippen molar-refractivity contribution in [3.05, 3.63) is 63.7 Å². The molecule has 0 aromatic heterocycles. The second-order valence-corrected chi connectivity index (χ2v) is 6.45. The first kappa shape index (κ1) is 17.0. The van der Waals surface area contributed by atoms with Crippen LogP contribution in [0, 0.1) is 20.8 Å². The molecular formula is C20H22N2O3. The Morgan fingerprint density at radius 2 is 1.64 bits per heavy atom. The van der Waals surface area contributed by atoms with Crippen LogP contribution in [0.2, 0.25) is 0 Å². The number of aryl methyl sites for hydroxylation is 2. The average molecular weight is 338 g/mol. The summed E-state index contributed by atoms with van der Waals surface area (Å²) >= 11 is 0. The molecule has 2 aromatic rings. The van der Waals surface area contributed by atoms with Gasteiger partial charge in [-0.15, -0.1) is 0 Å². The molecule has 0 spiro atoms. The lowest BCUT2D eigenvalue weighted by Crippen LogP contribution is -2.42. The fraction of sp³-hybridized carbons (Fsp3) is 0.300. The van der Waals surface area contributed by atoms with E-state index >= 15 is 0 Å². The van der Waals surface area contributed by atoms with E-state index in [1.807, 2.05) is 32.9 Å². The van der Waals surface area contributed by atoms with Gasteiger partial charge in [-0.25, -0.2) is 0 Å². The van der Waals surface area contributed by atoms with E-state index in [1.54, 1.807) is 18.2 Å². The smallest absolute Gasteiger partial charge is 0.269 e. The van der Waals surface area contributed by atoms with Crippen molar-refractivity contribution in [2.24, 2.45) is 0 Å². The second kappa shape index (κ2) is 6.97. The minimum atomic E-state index is -0.334. The molecule has 5 nitrogen and oxygen atoms in total. The Hall–Kier alpha value is -2.82. The number of ether oxygens (including phenoxy) is 1. The fourth-order valence-electron chi connectivity index (χ4n) is 3.21. The lowest BCUT2D eigenvalue weighted by molar-refractivity contribution is 0.0846. The van der Waals surface area contributed by atoms with Crippen LogP contribution >= 0.6 is 0 Å². The van der Waals surface area contributed by atoms with Crippen LogP contribution in [0.15, 0.2) is 30.3 Å². The van der Waals surface area contributed by atoms with Gasteiger partial charge in [0.25, 0.3) is 11.8 Å². The zero-order chi connectivity index (χ0) is 18.0. The van der Waals surface area contributed by atoms with E-state index in [-0.39, 0.29) is 11.8 Å². The first-order valence-electron chi connectivity index (χ1n) is 8.40. The SMILES string of the molecule is Cc1cc(C)cc(C(=O)NNC(=O)c2ccc3c(c2C)CCCO3)c1. The van der Waals surface area contributed by atoms with Gasteiger partial charge in [0.1, 0.15) is 5.75 Å². The van der Waals surface area contributed by atoms with Gasteiger partial charge in [-0.1, -0.05) is 17.2 Å². The van der Waals surface area contributed by atoms with Crippen LogP contribution in [0.5, 0.6) is 5.75 Å². The van der Waals surface area contributed by atoms with Crippen LogP contribution in [0.4, 0.5) is 0 Å². The first-order valence-corrected chi connectivity index (χ1v) is 8.40. The average Bonchev–Trinajstić information content (AvgIpc) is 2.59. The van der Waals surface area contributed by atoms with E-state index in [1.165, 1.54) is 0 Å². The number of fused-ring (bicyclic) bond motifs is 1. The molecule has 0 radical (unpaired) electrons. The number of hydrogen-bond donors (Lipinski definition) is 2. The highest BCUT2D eigenvalue weighted by Crippen LogP contribution is 2.29. The topological polar surface area (TPSA) is 67.4 Å². The van der Waals surface area contributed by atoms with Crippen LogP contribution in [0.3, 0.4) is 0 Å². The van der Waals surface area contributed by atoms with Crippen molar-refractivity contribution in [3.8, 4) is 5.75 Å². The number of amides is 2. The molecule has 2 N–H and O–H groups in total. The zero-order valence-electron chi connectivity index (χ0n) is 14.7. The van der Waals surface area contributed by atoms with Crippen molar-refractivity contribution < 1.29 is 14.3 Å². The summed E-state index contributed by atoms with van der Waals surface area (Å²) in [5.74, 6) is 0.183. The van der Waals surface area contributed by atoms with E-state index in [2.05, 4.69) is 10.9 Å². The lowest BCUT2D eigenvalue weighted by atomic mass is 9.96. The molecule has 25 heavy (non-hydrogen) atoms. The second-order valence-electron chi connectivity index (χ2n) is 6.45. The summed E-state index contributed by atoms with van der Waals surface area (Å²) in [6.07, 6.45) is 1.85. The minimum Gasteiger partial charge on any atom is -0.493 e. The molecule has 2 amide bonds. The van der Waals surface area contributed by atoms with Gasteiger partial charge in [0, 0.05) is 11.1 Å². The normalized spacial score (nSPS) is 12.8. The first-order chi connectivity index (χ1) is 12.0. The molecule has 0 unspecified atom stereocenters. The van der Waals surface area contributed by atoms with Gasteiger partial charge in [-0.2, -0.15) is 0 Å². The number of benzene rings is 2. The predicted molar refractivity (Wildman–Crippen MR) is 95.8 cm³/mol. The van der Waals surface area contributed by atoms with Crippen LogP contribution in [0.1, 0.15) is 49.4 Å². The van der Waals surface area contributed by atoms with Crippen LogP contribution in [-0.2, 0) is 6.42 Å². The molecule has 1 aliphatic heterocycles. The predicted octanol–water partition coefficient (Wildman–Crippen LogP) is 3.01. The molecule has 5 heteroatoms. The molecule has 0 saturated carbocycles. The summed E-state index contributed by atoms with van der Waals surface area (Å²) in [4.78, 5) is 24.7. The largest absolute Gasteiger partial charge is 0.493 e. The van der Waals surface area contributed by atoms with Gasteiger partial charge in [0.2, 0.25) is 0 Å². The fourth-order valence-corrected chi connectivity index (χ4v) is 3.21. The van der Waals surface area contributed by atoms with Crippen molar-refractivity contribution in [2.75, 3.05) is 6.61 Å². The summed E-state index contributed by atoms with van der Waals surface area (Å²) in [7, 11) is 0. The third-order valence-corrected chi connectivity index (χ3v) is 4.40. The zero-order valence-corrected chi connectivity index (χ0v) is 14.7. The molecule has 0 aliphatic carbocycles. The summed E-state index contributed by atoms with van der Waals surface area (Å²) in [5.41, 5.74) is 10.0. The van der Waals surface area contributed by atoms with Gasteiger partial charge in [0.05, 0.1) is 6.61 Å². The molecule has 2 aromatic carbocycles. The Morgan fingerprint density at radius 1 is 0.960 bits per heavy atom. The summed E-state index contributed by atoms with van der Waals surface area (Å²) in [6, 6.07) is 9.12. The molecule has 0 fully saturated rings. The molecule has 0 saturated heterocycles. The number of hydrazine groups is 1. The number of carbonyl (C=O) groups excluding carboxylic acids is 2. The Kier molecular flexibility index (Phi) is 4.74. The van der Waals surface area contributed by atoms with E-state index in [0.29, 0.717) is 17.7 Å². The Labute approximate surface area is 147 Å². The standard InChI is InChI=1S/C20H22N2O3/c1-12-9-13(2)11-15(10-12)19(23)21-22-20(24)17-6-7-18-16(14(17)3)5-4-8-25-18/h6-7,9-11H,4-5,8H2,1-3H3,(H,21,23)(H,22,24). The number of rotatable bonds is 2. The van der Waals surface area contributed by atoms with Gasteiger partial charge >= 0.3 is 0 Å². The van der Waals surface area contributed by atoms with Gasteiger partial charge < -0.3 is 4.74 Å². The Bertz CT molecular complexity index is 823. The third kappa shape index (κ3) is 3.65. The highest BCUT2D eigenvalue weighted by atomic mass is 16.5. The maximum Gasteiger partial charge on any atom is 0.269 e. The number of nitrogens with one attached hydrogen (secondary N) is 2. The monoisotopic (exact) mass is 338 g/mol. The molecule has 0 atom stereocenters. The highest BCUT2D eigenvalue weighted by molar-refractivity contribution is 6.00. The van der Waals surface area contributed by atoms with Crippen LogP contribution in [-0.4, -0.2) is 18.4 Å². The minimum absolute atomic E-state index is 0.330. The highest BCUT2D eigenvalue weighted by Gasteiger charge is 2.19. The lowest BCUT2D eigenvalue weighted by Gasteiger charge is -2.20. The summed E-state index contributed by atoms with van der Waals surface area (Å²) in [6.45, 7) is 6.49. The molecule has 1 heterocycles. The van der Waals surface area contributed by atoms with E-state index in [4.69, 9.17) is 4.74 Å². The van der Waals surface area contributed by atoms with Gasteiger partial charge in [0.15, 0.2) is 0 Å². The van der Waals surface area contributed by atoms with Crippen molar-refractivity contribution >= 4 is 11.8 Å². The van der Waals surface area contributed by atoms with Crippen molar-refractivity contribution in [2.45, 2.75) is 33.6 Å². The molecule has 0 bridgehead atoms. The Balaban J connectivity index is 1.71. The van der Waals surface area contributed by atoms with E-state index in [9.17, 15) is 9.59 Å². The molecule has 3 rings (SSSR count). The van der Waals surface area contributed by atoms with Gasteiger partial charge in [-0.05, 0) is 69.0 Å². The van der Waals surface area contributed by atoms with E-state index in [0.717, 1.165) is 40.8 Å². The number of carbonyl (C=O) groups is 2. The third-order valence-electron chi connectivity index (χ3n) is 4.40. The van der Waals surface area contributed by atoms with Gasteiger partial charge in [-0.3, -0.25) is 20.4 Å². The summed E-state index contributed by atoms with van der Waals surface area (Å²) in [5, 5.41) is 0. The molecule has 1 aliphatic rings. The van der Waals surface area contributed by atoms with Crippen molar-refractivity contribution in [1.82, 2.24) is 10.9 Å². The van der Waals surface area contributed by atoms with E-state index < -0.39 is 0 Å². The number of hydrogen-bond acceptors (Lipinski definition) is 3. The van der Waals surface area contributed by atoms with Crippen LogP contribution in [0.25, 0.3) is 0 Å². The van der Waals surface area contributed by atoms with Crippen molar-refractivity contribution in [3.63, 3.8) is 0 Å². The van der Waals surface area contributed by atoms with Crippen molar-refractivity contribution in [1.29, 1.82) is 0 Å². The Morgan fingerprint density at radius 3 is 2.36 bits per heavy atom. The summed E-state index contributed by atoms with van der Waals surface area (Å²) < 4.78 is 5.62. The molecule has 130 valence electrons. The molecular weight excluding hydrogens is 316 g/mol. The maximum atomic E-state index is 12.5. The quantitative estimate of drug-likeness (QED) is 0.827.